The van der Waals surface area contributed by atoms with E-state index in [0.29, 0.717) is 0 Å². The molecule has 0 unspecified atom stereocenters. The van der Waals surface area contributed by atoms with Crippen molar-refractivity contribution in [2.45, 2.75) is 31.5 Å². The van der Waals surface area contributed by atoms with E-state index in [0.717, 1.165) is 11.3 Å². The quantitative estimate of drug-likeness (QED) is 0.577. The number of benzene rings is 1. The van der Waals surface area contributed by atoms with Gasteiger partial charge < -0.3 is 25.4 Å². The average Bonchev–Trinajstić information content (AvgIpc) is 2.33. The molecule has 5 nitrogen and oxygen atoms in total. The molecule has 0 amide bonds. The van der Waals surface area contributed by atoms with Crippen molar-refractivity contribution in [2.24, 2.45) is 0 Å². The molecular weight excluding hydrogens is 222 g/mol. The molecule has 0 saturated carbocycles. The number of aliphatic hydroxyl groups excluding tert-OH is 3. The Morgan fingerprint density at radius 2 is 1.76 bits per heavy atom. The van der Waals surface area contributed by atoms with E-state index < -0.39 is 24.5 Å². The lowest BCUT2D eigenvalue weighted by Crippen LogP contribution is -2.55. The normalized spacial score (nSPS) is 33.4. The molecule has 1 heterocycles. The number of hydrogen-bond acceptors (Lipinski definition) is 5. The van der Waals surface area contributed by atoms with E-state index in [1.54, 1.807) is 0 Å². The number of hydrogen-bond donors (Lipinski definition) is 4. The Morgan fingerprint density at radius 1 is 1.12 bits per heavy atom. The number of nitrogens with one attached hydrogen (secondary N) is 1. The van der Waals surface area contributed by atoms with E-state index in [4.69, 9.17) is 4.74 Å². The molecule has 0 aliphatic carbocycles. The molecule has 0 aromatic heterocycles. The molecule has 0 bridgehead atoms. The molecule has 2 rings (SSSR count). The molecule has 4 N–H and O–H groups in total. The molecule has 1 aromatic carbocycles. The van der Waals surface area contributed by atoms with Crippen LogP contribution in [0.15, 0.2) is 24.3 Å². The van der Waals surface area contributed by atoms with Gasteiger partial charge in [-0.15, -0.1) is 0 Å². The van der Waals surface area contributed by atoms with Gasteiger partial charge in [-0.25, -0.2) is 0 Å². The number of aliphatic hydroxyl groups is 3. The average molecular weight is 239 g/mol. The Hall–Kier alpha value is -1.14. The highest BCUT2D eigenvalue weighted by Crippen LogP contribution is 2.18. The Balaban J connectivity index is 2.01. The van der Waals surface area contributed by atoms with Crippen molar-refractivity contribution in [3.05, 3.63) is 29.8 Å². The van der Waals surface area contributed by atoms with Gasteiger partial charge in [0.15, 0.2) is 6.23 Å². The summed E-state index contributed by atoms with van der Waals surface area (Å²) in [6, 6.07) is 7.59. The third-order valence-corrected chi connectivity index (χ3v) is 2.86. The first-order valence-electron chi connectivity index (χ1n) is 5.57. The molecule has 0 spiro atoms. The van der Waals surface area contributed by atoms with Gasteiger partial charge in [0.1, 0.15) is 18.3 Å². The molecule has 1 aromatic rings. The van der Waals surface area contributed by atoms with Crippen LogP contribution in [0, 0.1) is 6.92 Å². The molecule has 0 radical (unpaired) electrons. The summed E-state index contributed by atoms with van der Waals surface area (Å²) in [5, 5.41) is 31.5. The molecular formula is C12H17NO4. The zero-order valence-corrected chi connectivity index (χ0v) is 9.58. The minimum absolute atomic E-state index is 0.00174. The summed E-state index contributed by atoms with van der Waals surface area (Å²) in [5.74, 6) is 0. The van der Waals surface area contributed by atoms with Crippen molar-refractivity contribution in [1.29, 1.82) is 0 Å². The van der Waals surface area contributed by atoms with Gasteiger partial charge in [0.05, 0.1) is 6.61 Å². The monoisotopic (exact) mass is 239 g/mol. The number of anilines is 1. The first kappa shape index (κ1) is 12.3. The molecule has 4 atom stereocenters. The first-order chi connectivity index (χ1) is 8.08. The predicted octanol–water partition coefficient (Wildman–Crippen LogP) is -0.154. The third-order valence-electron chi connectivity index (χ3n) is 2.86. The lowest BCUT2D eigenvalue weighted by atomic mass is 10.0. The van der Waals surface area contributed by atoms with Gasteiger partial charge in [0, 0.05) is 5.69 Å². The Bertz CT molecular complexity index is 367. The van der Waals surface area contributed by atoms with Crippen LogP contribution in [0.5, 0.6) is 0 Å². The molecule has 94 valence electrons. The summed E-state index contributed by atoms with van der Waals surface area (Å²) in [7, 11) is 0. The van der Waals surface area contributed by atoms with Crippen LogP contribution < -0.4 is 5.32 Å². The Morgan fingerprint density at radius 3 is 2.41 bits per heavy atom. The Kier molecular flexibility index (Phi) is 3.63. The summed E-state index contributed by atoms with van der Waals surface area (Å²) in [5.41, 5.74) is 1.93. The second kappa shape index (κ2) is 5.01. The van der Waals surface area contributed by atoms with Crippen LogP contribution in [0.3, 0.4) is 0 Å². The summed E-state index contributed by atoms with van der Waals surface area (Å²) in [4.78, 5) is 0. The van der Waals surface area contributed by atoms with Crippen molar-refractivity contribution >= 4 is 5.69 Å². The standard InChI is InChI=1S/C12H17NO4/c1-7-2-4-8(5-3-7)13-12-11(16)10(15)9(14)6-17-12/h2-5,9-16H,6H2,1H3/t9-,10-,11-,12+/m1/s1. The molecule has 1 aliphatic rings. The zero-order valence-electron chi connectivity index (χ0n) is 9.58. The highest BCUT2D eigenvalue weighted by molar-refractivity contribution is 5.45. The van der Waals surface area contributed by atoms with E-state index in [1.165, 1.54) is 0 Å². The van der Waals surface area contributed by atoms with Gasteiger partial charge in [0.2, 0.25) is 0 Å². The Labute approximate surface area is 99.7 Å². The van der Waals surface area contributed by atoms with Crippen LogP contribution in [0.1, 0.15) is 5.56 Å². The van der Waals surface area contributed by atoms with Gasteiger partial charge in [-0.2, -0.15) is 0 Å². The summed E-state index contributed by atoms with van der Waals surface area (Å²) < 4.78 is 5.24. The first-order valence-corrected chi connectivity index (χ1v) is 5.57. The second-order valence-electron chi connectivity index (χ2n) is 4.31. The maximum Gasteiger partial charge on any atom is 0.156 e. The van der Waals surface area contributed by atoms with Gasteiger partial charge in [-0.1, -0.05) is 17.7 Å². The molecule has 17 heavy (non-hydrogen) atoms. The minimum Gasteiger partial charge on any atom is -0.388 e. The third kappa shape index (κ3) is 2.76. The van der Waals surface area contributed by atoms with Crippen molar-refractivity contribution in [1.82, 2.24) is 0 Å². The highest BCUT2D eigenvalue weighted by Gasteiger charge is 2.37. The van der Waals surface area contributed by atoms with E-state index in [1.807, 2.05) is 31.2 Å². The van der Waals surface area contributed by atoms with Gasteiger partial charge in [-0.05, 0) is 19.1 Å². The zero-order chi connectivity index (χ0) is 12.4. The molecule has 1 fully saturated rings. The topological polar surface area (TPSA) is 82.0 Å². The maximum absolute atomic E-state index is 9.73. The molecule has 5 heteroatoms. The highest BCUT2D eigenvalue weighted by atomic mass is 16.5. The smallest absolute Gasteiger partial charge is 0.156 e. The van der Waals surface area contributed by atoms with E-state index in [-0.39, 0.29) is 6.61 Å². The van der Waals surface area contributed by atoms with Crippen LogP contribution in [-0.2, 0) is 4.74 Å². The maximum atomic E-state index is 9.73. The number of rotatable bonds is 2. The van der Waals surface area contributed by atoms with E-state index >= 15 is 0 Å². The summed E-state index contributed by atoms with van der Waals surface area (Å²) in [6.07, 6.45) is -4.09. The minimum atomic E-state index is -1.19. The van der Waals surface area contributed by atoms with Gasteiger partial charge in [0.25, 0.3) is 0 Å². The fourth-order valence-electron chi connectivity index (χ4n) is 1.75. The van der Waals surface area contributed by atoms with Crippen molar-refractivity contribution in [3.63, 3.8) is 0 Å². The van der Waals surface area contributed by atoms with Gasteiger partial charge in [-0.3, -0.25) is 0 Å². The van der Waals surface area contributed by atoms with Crippen molar-refractivity contribution in [2.75, 3.05) is 11.9 Å². The predicted molar refractivity (Wildman–Crippen MR) is 62.6 cm³/mol. The number of ether oxygens (including phenoxy) is 1. The van der Waals surface area contributed by atoms with Crippen LogP contribution in [-0.4, -0.2) is 46.5 Å². The second-order valence-corrected chi connectivity index (χ2v) is 4.31. The summed E-state index contributed by atoms with van der Waals surface area (Å²) in [6.45, 7) is 1.98. The van der Waals surface area contributed by atoms with Crippen molar-refractivity contribution in [3.8, 4) is 0 Å². The fourth-order valence-corrected chi connectivity index (χ4v) is 1.75. The lowest BCUT2D eigenvalue weighted by Gasteiger charge is -2.35. The van der Waals surface area contributed by atoms with Crippen LogP contribution in [0.2, 0.25) is 0 Å². The van der Waals surface area contributed by atoms with Crippen LogP contribution in [0.4, 0.5) is 5.69 Å². The van der Waals surface area contributed by atoms with Crippen molar-refractivity contribution < 1.29 is 20.1 Å². The molecule has 1 aliphatic heterocycles. The van der Waals surface area contributed by atoms with E-state index in [2.05, 4.69) is 5.32 Å². The number of aryl methyl sites for hydroxylation is 1. The largest absolute Gasteiger partial charge is 0.388 e. The summed E-state index contributed by atoms with van der Waals surface area (Å²) >= 11 is 0. The van der Waals surface area contributed by atoms with Gasteiger partial charge >= 0.3 is 0 Å². The molecule has 1 saturated heterocycles. The lowest BCUT2D eigenvalue weighted by molar-refractivity contribution is -0.178. The van der Waals surface area contributed by atoms with Crippen LogP contribution in [0.25, 0.3) is 0 Å². The SMILES string of the molecule is Cc1ccc(N[C@H]2OC[C@@H](O)[C@@H](O)[C@H]2O)cc1. The fraction of sp³-hybridized carbons (Fsp3) is 0.500. The van der Waals surface area contributed by atoms with E-state index in [9.17, 15) is 15.3 Å². The van der Waals surface area contributed by atoms with Crippen LogP contribution >= 0.6 is 0 Å².